The van der Waals surface area contributed by atoms with Crippen molar-refractivity contribution >= 4 is 21.8 Å². The molecule has 5 nitrogen and oxygen atoms in total. The first kappa shape index (κ1) is 20.2. The molecule has 0 saturated carbocycles. The van der Waals surface area contributed by atoms with E-state index in [2.05, 4.69) is 13.0 Å². The summed E-state index contributed by atoms with van der Waals surface area (Å²) in [5.41, 5.74) is 3.35. The second kappa shape index (κ2) is 9.10. The molecule has 1 aliphatic rings. The van der Waals surface area contributed by atoms with Crippen LogP contribution in [0.25, 0.3) is 0 Å². The summed E-state index contributed by atoms with van der Waals surface area (Å²) in [6.07, 6.45) is 0. The van der Waals surface area contributed by atoms with Crippen molar-refractivity contribution in [1.82, 2.24) is 4.31 Å². The zero-order valence-corrected chi connectivity index (χ0v) is 17.3. The van der Waals surface area contributed by atoms with Gasteiger partial charge in [-0.1, -0.05) is 29.8 Å². The van der Waals surface area contributed by atoms with Crippen LogP contribution >= 0.6 is 11.8 Å². The van der Waals surface area contributed by atoms with Crippen LogP contribution in [0.15, 0.2) is 47.4 Å². The van der Waals surface area contributed by atoms with Crippen LogP contribution in [-0.4, -0.2) is 46.1 Å². The van der Waals surface area contributed by atoms with E-state index in [9.17, 15) is 8.42 Å². The van der Waals surface area contributed by atoms with Gasteiger partial charge in [0.2, 0.25) is 10.0 Å². The van der Waals surface area contributed by atoms with Gasteiger partial charge < -0.3 is 9.47 Å². The van der Waals surface area contributed by atoms with Crippen LogP contribution in [0.3, 0.4) is 0 Å². The van der Waals surface area contributed by atoms with Crippen molar-refractivity contribution in [2.24, 2.45) is 0 Å². The molecule has 7 heteroatoms. The number of methoxy groups -OCH3 is 1. The molecule has 2 aromatic carbocycles. The van der Waals surface area contributed by atoms with Crippen molar-refractivity contribution in [3.63, 3.8) is 0 Å². The maximum Gasteiger partial charge on any atom is 0.243 e. The SMILES string of the molecule is COc1ccc(C)cc1CSCc1cccc(S(=O)(=O)N2CCOCC2)c1. The minimum Gasteiger partial charge on any atom is -0.496 e. The Morgan fingerprint density at radius 1 is 1.11 bits per heavy atom. The predicted molar refractivity (Wildman–Crippen MR) is 109 cm³/mol. The first-order valence-electron chi connectivity index (χ1n) is 8.89. The number of ether oxygens (including phenoxy) is 2. The molecule has 0 aromatic heterocycles. The summed E-state index contributed by atoms with van der Waals surface area (Å²) >= 11 is 1.74. The zero-order chi connectivity index (χ0) is 19.3. The normalized spacial score (nSPS) is 15.6. The Kier molecular flexibility index (Phi) is 6.81. The summed E-state index contributed by atoms with van der Waals surface area (Å²) in [6.45, 7) is 3.79. The average molecular weight is 408 g/mol. The Hall–Kier alpha value is -1.54. The van der Waals surface area contributed by atoms with E-state index in [4.69, 9.17) is 9.47 Å². The van der Waals surface area contributed by atoms with Gasteiger partial charge in [0.1, 0.15) is 5.75 Å². The monoisotopic (exact) mass is 407 g/mol. The van der Waals surface area contributed by atoms with Crippen molar-refractivity contribution in [2.45, 2.75) is 23.3 Å². The molecule has 0 bridgehead atoms. The second-order valence-corrected chi connectivity index (χ2v) is 9.40. The van der Waals surface area contributed by atoms with Crippen LogP contribution in [0, 0.1) is 6.92 Å². The number of rotatable bonds is 7. The Bertz CT molecular complexity index is 877. The molecular weight excluding hydrogens is 382 g/mol. The average Bonchev–Trinajstić information content (AvgIpc) is 2.69. The third kappa shape index (κ3) is 5.04. The number of nitrogens with zero attached hydrogens (tertiary/aromatic N) is 1. The van der Waals surface area contributed by atoms with Gasteiger partial charge in [0.05, 0.1) is 25.2 Å². The van der Waals surface area contributed by atoms with E-state index in [1.54, 1.807) is 31.0 Å². The smallest absolute Gasteiger partial charge is 0.243 e. The first-order chi connectivity index (χ1) is 13.0. The van der Waals surface area contributed by atoms with Crippen LogP contribution in [0.5, 0.6) is 5.75 Å². The van der Waals surface area contributed by atoms with Gasteiger partial charge in [-0.05, 0) is 30.7 Å². The molecule has 0 amide bonds. The summed E-state index contributed by atoms with van der Waals surface area (Å²) < 4.78 is 37.8. The Morgan fingerprint density at radius 3 is 2.63 bits per heavy atom. The third-order valence-corrected chi connectivity index (χ3v) is 7.42. The number of hydrogen-bond acceptors (Lipinski definition) is 5. The molecule has 0 aliphatic carbocycles. The predicted octanol–water partition coefficient (Wildman–Crippen LogP) is 3.46. The van der Waals surface area contributed by atoms with Crippen LogP contribution < -0.4 is 4.74 Å². The van der Waals surface area contributed by atoms with Crippen molar-refractivity contribution < 1.29 is 17.9 Å². The molecular formula is C20H25NO4S2. The Labute approximate surface area is 165 Å². The van der Waals surface area contributed by atoms with Gasteiger partial charge in [0, 0.05) is 30.2 Å². The molecule has 0 atom stereocenters. The molecule has 0 radical (unpaired) electrons. The first-order valence-corrected chi connectivity index (χ1v) is 11.5. The molecule has 146 valence electrons. The molecule has 1 saturated heterocycles. The van der Waals surface area contributed by atoms with E-state index < -0.39 is 10.0 Å². The number of morpholine rings is 1. The number of aryl methyl sites for hydroxylation is 1. The molecule has 27 heavy (non-hydrogen) atoms. The summed E-state index contributed by atoms with van der Waals surface area (Å²) in [7, 11) is -1.77. The number of thioether (sulfide) groups is 1. The van der Waals surface area contributed by atoms with Gasteiger partial charge in [0.15, 0.2) is 0 Å². The van der Waals surface area contributed by atoms with Gasteiger partial charge >= 0.3 is 0 Å². The summed E-state index contributed by atoms with van der Waals surface area (Å²) in [6, 6.07) is 13.4. The lowest BCUT2D eigenvalue weighted by atomic mass is 10.1. The van der Waals surface area contributed by atoms with E-state index in [1.165, 1.54) is 9.87 Å². The number of hydrogen-bond donors (Lipinski definition) is 0. The van der Waals surface area contributed by atoms with Gasteiger partial charge in [-0.15, -0.1) is 0 Å². The fourth-order valence-corrected chi connectivity index (χ4v) is 5.47. The van der Waals surface area contributed by atoms with Gasteiger partial charge in [-0.25, -0.2) is 8.42 Å². The standard InChI is InChI=1S/C20H25NO4S2/c1-16-6-7-20(24-2)18(12-16)15-26-14-17-4-3-5-19(13-17)27(22,23)21-8-10-25-11-9-21/h3-7,12-13H,8-11,14-15H2,1-2H3. The highest BCUT2D eigenvalue weighted by Crippen LogP contribution is 2.27. The highest BCUT2D eigenvalue weighted by molar-refractivity contribution is 7.97. The molecule has 1 fully saturated rings. The minimum atomic E-state index is -3.45. The topological polar surface area (TPSA) is 55.8 Å². The van der Waals surface area contributed by atoms with E-state index >= 15 is 0 Å². The lowest BCUT2D eigenvalue weighted by molar-refractivity contribution is 0.0730. The van der Waals surface area contributed by atoms with E-state index in [0.717, 1.165) is 28.4 Å². The third-order valence-electron chi connectivity index (χ3n) is 4.47. The van der Waals surface area contributed by atoms with E-state index in [0.29, 0.717) is 31.2 Å². The highest BCUT2D eigenvalue weighted by atomic mass is 32.2. The summed E-state index contributed by atoms with van der Waals surface area (Å²) in [4.78, 5) is 0.357. The maximum absolute atomic E-state index is 12.8. The lowest BCUT2D eigenvalue weighted by Gasteiger charge is -2.26. The molecule has 1 heterocycles. The largest absolute Gasteiger partial charge is 0.496 e. The summed E-state index contributed by atoms with van der Waals surface area (Å²) in [5, 5.41) is 0. The van der Waals surface area contributed by atoms with Crippen molar-refractivity contribution in [3.8, 4) is 5.75 Å². The summed E-state index contributed by atoms with van der Waals surface area (Å²) in [5.74, 6) is 2.44. The fraction of sp³-hybridized carbons (Fsp3) is 0.400. The van der Waals surface area contributed by atoms with Crippen molar-refractivity contribution in [2.75, 3.05) is 33.4 Å². The molecule has 2 aromatic rings. The minimum absolute atomic E-state index is 0.357. The van der Waals surface area contributed by atoms with Gasteiger partial charge in [0.25, 0.3) is 0 Å². The molecule has 0 N–H and O–H groups in total. The fourth-order valence-electron chi connectivity index (χ4n) is 3.03. The van der Waals surface area contributed by atoms with Crippen molar-refractivity contribution in [1.29, 1.82) is 0 Å². The Morgan fingerprint density at radius 2 is 1.89 bits per heavy atom. The van der Waals surface area contributed by atoms with Crippen LogP contribution in [0.4, 0.5) is 0 Å². The highest BCUT2D eigenvalue weighted by Gasteiger charge is 2.26. The number of sulfonamides is 1. The Balaban J connectivity index is 1.67. The van der Waals surface area contributed by atoms with Crippen molar-refractivity contribution in [3.05, 3.63) is 59.2 Å². The molecule has 1 aliphatic heterocycles. The maximum atomic E-state index is 12.8. The van der Waals surface area contributed by atoms with Crippen LogP contribution in [0.1, 0.15) is 16.7 Å². The van der Waals surface area contributed by atoms with Crippen LogP contribution in [0.2, 0.25) is 0 Å². The quantitative estimate of drug-likeness (QED) is 0.704. The number of benzene rings is 2. The molecule has 0 spiro atoms. The van der Waals surface area contributed by atoms with Crippen LogP contribution in [-0.2, 0) is 26.3 Å². The molecule has 3 rings (SSSR count). The second-order valence-electron chi connectivity index (χ2n) is 6.47. The van der Waals surface area contributed by atoms with E-state index in [1.807, 2.05) is 24.3 Å². The van der Waals surface area contributed by atoms with Gasteiger partial charge in [-0.2, -0.15) is 16.1 Å². The van der Waals surface area contributed by atoms with E-state index in [-0.39, 0.29) is 0 Å². The van der Waals surface area contributed by atoms with Gasteiger partial charge in [-0.3, -0.25) is 0 Å². The lowest BCUT2D eigenvalue weighted by Crippen LogP contribution is -2.40. The zero-order valence-electron chi connectivity index (χ0n) is 15.7. The molecule has 0 unspecified atom stereocenters.